The molecule has 0 aliphatic carbocycles. The van der Waals surface area contributed by atoms with Crippen molar-refractivity contribution in [2.75, 3.05) is 11.3 Å². The third-order valence-corrected chi connectivity index (χ3v) is 6.11. The van der Waals surface area contributed by atoms with Gasteiger partial charge >= 0.3 is 0 Å². The summed E-state index contributed by atoms with van der Waals surface area (Å²) in [5, 5.41) is 3.68. The number of anilines is 1. The Labute approximate surface area is 179 Å². The molecule has 0 unspecified atom stereocenters. The van der Waals surface area contributed by atoms with Gasteiger partial charge in [-0.2, -0.15) is 0 Å². The van der Waals surface area contributed by atoms with Gasteiger partial charge in [0, 0.05) is 17.3 Å². The Morgan fingerprint density at radius 3 is 2.28 bits per heavy atom. The summed E-state index contributed by atoms with van der Waals surface area (Å²) in [4.78, 5) is 12.6. The van der Waals surface area contributed by atoms with Gasteiger partial charge in [-0.15, -0.1) is 0 Å². The molecule has 3 aromatic rings. The standard InChI is InChI=1S/C21H18Cl2N2O3S/c22-16-8-6-15(7-9-16)12-13-24-21(26)19-14-17(10-11-20(19)23)25-29(27,28)18-4-2-1-3-5-18/h1-11,14,25H,12-13H2,(H,24,26). The first kappa shape index (κ1) is 21.2. The van der Waals surface area contributed by atoms with E-state index in [1.807, 2.05) is 12.1 Å². The van der Waals surface area contributed by atoms with Gasteiger partial charge in [-0.3, -0.25) is 9.52 Å². The van der Waals surface area contributed by atoms with Crippen LogP contribution in [-0.2, 0) is 16.4 Å². The van der Waals surface area contributed by atoms with Gasteiger partial charge in [-0.05, 0) is 54.4 Å². The first-order chi connectivity index (χ1) is 13.8. The molecule has 0 bridgehead atoms. The molecule has 0 spiro atoms. The van der Waals surface area contributed by atoms with Crippen LogP contribution in [0.3, 0.4) is 0 Å². The Bertz CT molecular complexity index is 1100. The number of halogens is 2. The molecule has 3 aromatic carbocycles. The second-order valence-corrected chi connectivity index (χ2v) is 8.77. The van der Waals surface area contributed by atoms with E-state index in [0.29, 0.717) is 18.0 Å². The molecular weight excluding hydrogens is 431 g/mol. The summed E-state index contributed by atoms with van der Waals surface area (Å²) >= 11 is 12.0. The van der Waals surface area contributed by atoms with E-state index < -0.39 is 10.0 Å². The minimum absolute atomic E-state index is 0.129. The third kappa shape index (κ3) is 5.73. The molecule has 0 aliphatic rings. The quantitative estimate of drug-likeness (QED) is 0.546. The van der Waals surface area contributed by atoms with Crippen molar-refractivity contribution in [3.63, 3.8) is 0 Å². The summed E-state index contributed by atoms with van der Waals surface area (Å²) in [6, 6.07) is 19.7. The highest BCUT2D eigenvalue weighted by atomic mass is 35.5. The number of hydrogen-bond acceptors (Lipinski definition) is 3. The van der Waals surface area contributed by atoms with E-state index in [1.165, 1.54) is 30.3 Å². The largest absolute Gasteiger partial charge is 0.352 e. The Kier molecular flexibility index (Phi) is 6.79. The minimum atomic E-state index is -3.76. The van der Waals surface area contributed by atoms with Gasteiger partial charge in [0.2, 0.25) is 0 Å². The maximum Gasteiger partial charge on any atom is 0.261 e. The Hall–Kier alpha value is -2.54. The van der Waals surface area contributed by atoms with Crippen molar-refractivity contribution in [3.05, 3.63) is 94.0 Å². The molecule has 0 atom stereocenters. The van der Waals surface area contributed by atoms with Crippen LogP contribution in [0.1, 0.15) is 15.9 Å². The highest BCUT2D eigenvalue weighted by molar-refractivity contribution is 7.92. The molecule has 8 heteroatoms. The summed E-state index contributed by atoms with van der Waals surface area (Å²) in [5.41, 5.74) is 1.47. The highest BCUT2D eigenvalue weighted by Gasteiger charge is 2.16. The van der Waals surface area contributed by atoms with E-state index in [1.54, 1.807) is 30.3 Å². The lowest BCUT2D eigenvalue weighted by molar-refractivity contribution is 0.0954. The minimum Gasteiger partial charge on any atom is -0.352 e. The van der Waals surface area contributed by atoms with E-state index in [2.05, 4.69) is 10.0 Å². The summed E-state index contributed by atoms with van der Waals surface area (Å²) in [5.74, 6) is -0.385. The Morgan fingerprint density at radius 1 is 0.897 bits per heavy atom. The Balaban J connectivity index is 1.68. The van der Waals surface area contributed by atoms with Crippen LogP contribution in [-0.4, -0.2) is 20.9 Å². The molecule has 0 radical (unpaired) electrons. The monoisotopic (exact) mass is 448 g/mol. The van der Waals surface area contributed by atoms with Gasteiger partial charge in [0.15, 0.2) is 0 Å². The molecule has 150 valence electrons. The normalized spacial score (nSPS) is 11.1. The van der Waals surface area contributed by atoms with Gasteiger partial charge in [0.1, 0.15) is 0 Å². The predicted molar refractivity (Wildman–Crippen MR) is 116 cm³/mol. The zero-order valence-corrected chi connectivity index (χ0v) is 17.6. The van der Waals surface area contributed by atoms with Crippen LogP contribution in [0.5, 0.6) is 0 Å². The molecule has 1 amide bonds. The van der Waals surface area contributed by atoms with Gasteiger partial charge in [0.05, 0.1) is 15.5 Å². The maximum absolute atomic E-state index is 12.5. The van der Waals surface area contributed by atoms with E-state index in [0.717, 1.165) is 5.56 Å². The van der Waals surface area contributed by atoms with Crippen molar-refractivity contribution in [2.24, 2.45) is 0 Å². The number of carbonyl (C=O) groups excluding carboxylic acids is 1. The average Bonchev–Trinajstić information content (AvgIpc) is 2.71. The van der Waals surface area contributed by atoms with Crippen LogP contribution in [0, 0.1) is 0 Å². The third-order valence-electron chi connectivity index (χ3n) is 4.13. The van der Waals surface area contributed by atoms with Gasteiger partial charge in [-0.1, -0.05) is 53.5 Å². The smallest absolute Gasteiger partial charge is 0.261 e. The molecule has 0 heterocycles. The van der Waals surface area contributed by atoms with E-state index in [4.69, 9.17) is 23.2 Å². The van der Waals surface area contributed by atoms with E-state index in [9.17, 15) is 13.2 Å². The zero-order valence-electron chi connectivity index (χ0n) is 15.2. The number of nitrogens with one attached hydrogen (secondary N) is 2. The van der Waals surface area contributed by atoms with Crippen molar-refractivity contribution >= 4 is 44.8 Å². The first-order valence-electron chi connectivity index (χ1n) is 8.75. The van der Waals surface area contributed by atoms with E-state index >= 15 is 0 Å². The first-order valence-corrected chi connectivity index (χ1v) is 11.0. The lowest BCUT2D eigenvalue weighted by atomic mass is 10.1. The van der Waals surface area contributed by atoms with Gasteiger partial charge in [-0.25, -0.2) is 8.42 Å². The number of rotatable bonds is 7. The molecule has 5 nitrogen and oxygen atoms in total. The number of hydrogen-bond donors (Lipinski definition) is 2. The Morgan fingerprint density at radius 2 is 1.59 bits per heavy atom. The van der Waals surface area contributed by atoms with E-state index in [-0.39, 0.29) is 27.1 Å². The maximum atomic E-state index is 12.5. The molecule has 0 saturated carbocycles. The van der Waals surface area contributed by atoms with Crippen LogP contribution >= 0.6 is 23.2 Å². The van der Waals surface area contributed by atoms with Gasteiger partial charge in [0.25, 0.3) is 15.9 Å². The molecular formula is C21H18Cl2N2O3S. The fourth-order valence-corrected chi connectivity index (χ4v) is 4.04. The molecule has 2 N–H and O–H groups in total. The van der Waals surface area contributed by atoms with Crippen LogP contribution in [0.15, 0.2) is 77.7 Å². The molecule has 29 heavy (non-hydrogen) atoms. The average molecular weight is 449 g/mol. The second kappa shape index (κ2) is 9.31. The van der Waals surface area contributed by atoms with Crippen LogP contribution < -0.4 is 10.0 Å². The van der Waals surface area contributed by atoms with Crippen molar-refractivity contribution in [1.29, 1.82) is 0 Å². The van der Waals surface area contributed by atoms with Crippen molar-refractivity contribution in [3.8, 4) is 0 Å². The second-order valence-electron chi connectivity index (χ2n) is 6.25. The molecule has 0 aromatic heterocycles. The number of sulfonamides is 1. The summed E-state index contributed by atoms with van der Waals surface area (Å²) in [6.07, 6.45) is 0.626. The van der Waals surface area contributed by atoms with Crippen molar-refractivity contribution in [1.82, 2.24) is 5.32 Å². The highest BCUT2D eigenvalue weighted by Crippen LogP contribution is 2.23. The number of carbonyl (C=O) groups is 1. The SMILES string of the molecule is O=C(NCCc1ccc(Cl)cc1)c1cc(NS(=O)(=O)c2ccccc2)ccc1Cl. The fourth-order valence-electron chi connectivity index (χ4n) is 2.64. The summed E-state index contributed by atoms with van der Waals surface area (Å²) < 4.78 is 27.4. The van der Waals surface area contributed by atoms with Crippen LogP contribution in [0.2, 0.25) is 10.0 Å². The number of amides is 1. The van der Waals surface area contributed by atoms with Crippen molar-refractivity contribution in [2.45, 2.75) is 11.3 Å². The van der Waals surface area contributed by atoms with Crippen LogP contribution in [0.4, 0.5) is 5.69 Å². The van der Waals surface area contributed by atoms with Crippen molar-refractivity contribution < 1.29 is 13.2 Å². The lowest BCUT2D eigenvalue weighted by Crippen LogP contribution is -2.26. The zero-order chi connectivity index (χ0) is 20.9. The number of benzene rings is 3. The molecule has 0 saturated heterocycles. The lowest BCUT2D eigenvalue weighted by Gasteiger charge is -2.11. The predicted octanol–water partition coefficient (Wildman–Crippen LogP) is 4.77. The summed E-state index contributed by atoms with van der Waals surface area (Å²) in [7, 11) is -3.76. The topological polar surface area (TPSA) is 75.3 Å². The van der Waals surface area contributed by atoms with Crippen LogP contribution in [0.25, 0.3) is 0 Å². The summed E-state index contributed by atoms with van der Waals surface area (Å²) in [6.45, 7) is 0.400. The fraction of sp³-hybridized carbons (Fsp3) is 0.0952. The molecule has 0 aliphatic heterocycles. The van der Waals surface area contributed by atoms with Gasteiger partial charge < -0.3 is 5.32 Å². The molecule has 0 fully saturated rings. The molecule has 3 rings (SSSR count).